The smallest absolute Gasteiger partial charge is 0.266 e. The number of anilines is 1. The highest BCUT2D eigenvalue weighted by Crippen LogP contribution is 2.32. The van der Waals surface area contributed by atoms with Crippen LogP contribution in [0.2, 0.25) is 0 Å². The van der Waals surface area contributed by atoms with Crippen molar-refractivity contribution in [3.8, 4) is 17.7 Å². The summed E-state index contributed by atoms with van der Waals surface area (Å²) in [5, 5.41) is 12.4. The SMILES string of the molecule is Cc1oc(-c2nc(C#N)c(NCC3CCCO3)o2)cc1S(=O)(=O)N1CCCCCC1. The lowest BCUT2D eigenvalue weighted by molar-refractivity contribution is 0.120. The van der Waals surface area contributed by atoms with Crippen LogP contribution in [0.25, 0.3) is 11.7 Å². The Balaban J connectivity index is 1.57. The van der Waals surface area contributed by atoms with Crippen molar-refractivity contribution in [1.29, 1.82) is 5.26 Å². The summed E-state index contributed by atoms with van der Waals surface area (Å²) in [4.78, 5) is 4.29. The number of nitrogens with zero attached hydrogens (tertiary/aromatic N) is 3. The Morgan fingerprint density at radius 1 is 1.23 bits per heavy atom. The topological polar surface area (TPSA) is 122 Å². The number of sulfonamides is 1. The molecule has 0 bridgehead atoms. The van der Waals surface area contributed by atoms with Crippen molar-refractivity contribution in [1.82, 2.24) is 9.29 Å². The number of nitrogens with one attached hydrogen (secondary N) is 1. The molecule has 2 saturated heterocycles. The molecule has 2 aromatic heterocycles. The van der Waals surface area contributed by atoms with Gasteiger partial charge >= 0.3 is 0 Å². The zero-order valence-corrected chi connectivity index (χ0v) is 17.8. The summed E-state index contributed by atoms with van der Waals surface area (Å²) in [5.74, 6) is 0.762. The molecular weight excluding hydrogens is 408 g/mol. The second-order valence-electron chi connectivity index (χ2n) is 7.67. The highest BCUT2D eigenvalue weighted by atomic mass is 32.2. The standard InChI is InChI=1S/C20H26N4O5S/c1-14-18(30(25,26)24-8-4-2-3-5-9-24)11-17(28-14)20-23-16(12-21)19(29-20)22-13-15-7-6-10-27-15/h11,15,22H,2-10,13H2,1H3. The van der Waals surface area contributed by atoms with E-state index < -0.39 is 10.0 Å². The number of ether oxygens (including phenoxy) is 1. The van der Waals surface area contributed by atoms with E-state index in [2.05, 4.69) is 10.3 Å². The van der Waals surface area contributed by atoms with Crippen molar-refractivity contribution in [3.63, 3.8) is 0 Å². The zero-order chi connectivity index (χ0) is 21.1. The summed E-state index contributed by atoms with van der Waals surface area (Å²) in [5.41, 5.74) is 0.0916. The predicted molar refractivity (Wildman–Crippen MR) is 108 cm³/mol. The van der Waals surface area contributed by atoms with Crippen LogP contribution in [0.5, 0.6) is 0 Å². The molecule has 4 rings (SSSR count). The van der Waals surface area contributed by atoms with E-state index in [0.717, 1.165) is 45.1 Å². The van der Waals surface area contributed by atoms with E-state index in [4.69, 9.17) is 13.6 Å². The van der Waals surface area contributed by atoms with Crippen LogP contribution < -0.4 is 5.32 Å². The first-order chi connectivity index (χ1) is 14.5. The van der Waals surface area contributed by atoms with Crippen LogP contribution in [0, 0.1) is 18.3 Å². The molecule has 0 spiro atoms. The lowest BCUT2D eigenvalue weighted by Crippen LogP contribution is -2.32. The number of aromatic nitrogens is 1. The highest BCUT2D eigenvalue weighted by molar-refractivity contribution is 7.89. The van der Waals surface area contributed by atoms with Gasteiger partial charge in [-0.3, -0.25) is 0 Å². The molecule has 4 heterocycles. The lowest BCUT2D eigenvalue weighted by atomic mass is 10.2. The molecule has 1 atom stereocenters. The van der Waals surface area contributed by atoms with Gasteiger partial charge in [-0.1, -0.05) is 12.8 Å². The third-order valence-electron chi connectivity index (χ3n) is 5.51. The molecule has 2 aliphatic heterocycles. The van der Waals surface area contributed by atoms with E-state index in [1.807, 2.05) is 6.07 Å². The number of oxazole rings is 1. The molecule has 30 heavy (non-hydrogen) atoms. The Hall–Kier alpha value is -2.35. The Morgan fingerprint density at radius 2 is 2.00 bits per heavy atom. The minimum absolute atomic E-state index is 0.0707. The number of nitriles is 1. The largest absolute Gasteiger partial charge is 0.455 e. The minimum atomic E-state index is -3.66. The zero-order valence-electron chi connectivity index (χ0n) is 17.0. The molecule has 1 N–H and O–H groups in total. The van der Waals surface area contributed by atoms with Crippen LogP contribution in [-0.2, 0) is 14.8 Å². The monoisotopic (exact) mass is 434 g/mol. The molecule has 0 amide bonds. The lowest BCUT2D eigenvalue weighted by Gasteiger charge is -2.19. The fourth-order valence-corrected chi connectivity index (χ4v) is 5.56. The maximum Gasteiger partial charge on any atom is 0.266 e. The second kappa shape index (κ2) is 8.79. The maximum atomic E-state index is 13.1. The molecule has 9 nitrogen and oxygen atoms in total. The van der Waals surface area contributed by atoms with Gasteiger partial charge in [0, 0.05) is 32.3 Å². The Bertz CT molecular complexity index is 1020. The first kappa shape index (κ1) is 20.9. The first-order valence-electron chi connectivity index (χ1n) is 10.4. The summed E-state index contributed by atoms with van der Waals surface area (Å²) in [6.07, 6.45) is 5.82. The number of rotatable bonds is 6. The molecule has 162 valence electrons. The van der Waals surface area contributed by atoms with Gasteiger partial charge in [0.15, 0.2) is 5.76 Å². The van der Waals surface area contributed by atoms with Crippen molar-refractivity contribution >= 4 is 15.9 Å². The van der Waals surface area contributed by atoms with E-state index in [-0.39, 0.29) is 40.0 Å². The molecule has 0 saturated carbocycles. The molecule has 0 aromatic carbocycles. The third-order valence-corrected chi connectivity index (χ3v) is 7.52. The van der Waals surface area contributed by atoms with E-state index >= 15 is 0 Å². The molecular formula is C20H26N4O5S. The number of furan rings is 1. The van der Waals surface area contributed by atoms with Crippen molar-refractivity contribution in [3.05, 3.63) is 17.5 Å². The van der Waals surface area contributed by atoms with Crippen LogP contribution in [0.1, 0.15) is 50.0 Å². The van der Waals surface area contributed by atoms with Gasteiger partial charge in [0.25, 0.3) is 5.89 Å². The predicted octanol–water partition coefficient (Wildman–Crippen LogP) is 3.27. The van der Waals surface area contributed by atoms with E-state index in [0.29, 0.717) is 19.6 Å². The highest BCUT2D eigenvalue weighted by Gasteiger charge is 2.30. The third kappa shape index (κ3) is 4.24. The number of hydrogen-bond donors (Lipinski definition) is 1. The number of hydrogen-bond acceptors (Lipinski definition) is 8. The molecule has 1 unspecified atom stereocenters. The van der Waals surface area contributed by atoms with E-state index in [1.54, 1.807) is 6.92 Å². The number of aryl methyl sites for hydroxylation is 1. The summed E-state index contributed by atoms with van der Waals surface area (Å²) < 4.78 is 44.7. The molecule has 10 heteroatoms. The van der Waals surface area contributed by atoms with E-state index in [1.165, 1.54) is 10.4 Å². The quantitative estimate of drug-likeness (QED) is 0.735. The van der Waals surface area contributed by atoms with Crippen molar-refractivity contribution in [2.75, 3.05) is 31.6 Å². The van der Waals surface area contributed by atoms with Gasteiger partial charge in [-0.15, -0.1) is 0 Å². The summed E-state index contributed by atoms with van der Waals surface area (Å²) >= 11 is 0. The van der Waals surface area contributed by atoms with Crippen LogP contribution in [0.15, 0.2) is 19.8 Å². The van der Waals surface area contributed by atoms with E-state index in [9.17, 15) is 13.7 Å². The van der Waals surface area contributed by atoms with Gasteiger partial charge in [0.2, 0.25) is 21.6 Å². The van der Waals surface area contributed by atoms with Crippen LogP contribution in [-0.4, -0.2) is 50.1 Å². The minimum Gasteiger partial charge on any atom is -0.455 e. The molecule has 2 aromatic rings. The second-order valence-corrected chi connectivity index (χ2v) is 9.58. The van der Waals surface area contributed by atoms with Crippen LogP contribution in [0.3, 0.4) is 0 Å². The average molecular weight is 435 g/mol. The molecule has 0 radical (unpaired) electrons. The molecule has 2 fully saturated rings. The fourth-order valence-electron chi connectivity index (χ4n) is 3.88. The summed E-state index contributed by atoms with van der Waals surface area (Å²) in [7, 11) is -3.66. The molecule has 0 aliphatic carbocycles. The van der Waals surface area contributed by atoms with Gasteiger partial charge in [-0.2, -0.15) is 14.6 Å². The normalized spacial score (nSPS) is 20.7. The molecule has 2 aliphatic rings. The van der Waals surface area contributed by atoms with Gasteiger partial charge in [-0.25, -0.2) is 8.42 Å². The van der Waals surface area contributed by atoms with Crippen LogP contribution >= 0.6 is 0 Å². The van der Waals surface area contributed by atoms with Gasteiger partial charge in [-0.05, 0) is 32.6 Å². The Kier molecular flexibility index (Phi) is 6.13. The van der Waals surface area contributed by atoms with Crippen LogP contribution in [0.4, 0.5) is 5.88 Å². The van der Waals surface area contributed by atoms with Crippen molar-refractivity contribution in [2.24, 2.45) is 0 Å². The average Bonchev–Trinajstić information content (AvgIpc) is 3.42. The Labute approximate surface area is 176 Å². The van der Waals surface area contributed by atoms with Crippen molar-refractivity contribution in [2.45, 2.75) is 56.4 Å². The first-order valence-corrected chi connectivity index (χ1v) is 11.8. The van der Waals surface area contributed by atoms with Gasteiger partial charge < -0.3 is 18.9 Å². The van der Waals surface area contributed by atoms with Gasteiger partial charge in [0.05, 0.1) is 6.10 Å². The Morgan fingerprint density at radius 3 is 2.67 bits per heavy atom. The van der Waals surface area contributed by atoms with Gasteiger partial charge in [0.1, 0.15) is 16.7 Å². The fraction of sp³-hybridized carbons (Fsp3) is 0.600. The summed E-state index contributed by atoms with van der Waals surface area (Å²) in [6.45, 7) is 3.88. The maximum absolute atomic E-state index is 13.1. The van der Waals surface area contributed by atoms with Crippen molar-refractivity contribution < 1.29 is 22.0 Å². The summed E-state index contributed by atoms with van der Waals surface area (Å²) in [6, 6.07) is 3.43.